The van der Waals surface area contributed by atoms with Crippen molar-refractivity contribution in [3.63, 3.8) is 0 Å². The van der Waals surface area contributed by atoms with Gasteiger partial charge < -0.3 is 10.3 Å². The van der Waals surface area contributed by atoms with Gasteiger partial charge in [0, 0.05) is 17.3 Å². The van der Waals surface area contributed by atoms with Crippen molar-refractivity contribution in [3.05, 3.63) is 57.6 Å². The quantitative estimate of drug-likeness (QED) is 0.721. The number of nitrogens with one attached hydrogen (secondary N) is 2. The van der Waals surface area contributed by atoms with Crippen LogP contribution >= 0.6 is 22.9 Å². The van der Waals surface area contributed by atoms with Crippen molar-refractivity contribution in [3.8, 4) is 0 Å². The lowest BCUT2D eigenvalue weighted by molar-refractivity contribution is 0.0930. The molecule has 22 heavy (non-hydrogen) atoms. The monoisotopic (exact) mass is 330 g/mol. The van der Waals surface area contributed by atoms with Gasteiger partial charge in [-0.05, 0) is 29.7 Å². The Balaban J connectivity index is 1.54. The fourth-order valence-corrected chi connectivity index (χ4v) is 4.36. The minimum Gasteiger partial charge on any atom is -0.347 e. The molecule has 3 nitrogen and oxygen atoms in total. The molecule has 0 radical (unpaired) electrons. The normalized spacial score (nSPS) is 20.3. The van der Waals surface area contributed by atoms with Gasteiger partial charge in [-0.1, -0.05) is 42.8 Å². The van der Waals surface area contributed by atoms with Crippen molar-refractivity contribution in [2.45, 2.75) is 25.3 Å². The standard InChI is InChI=1S/C17H15ClN2OS/c1-9-12-5-3-2-4-10(12)6-13(9)19-16(21)14-7-11-8-15(18)22-17(11)20-14/h2-5,7-9,13,20H,6H2,1H3,(H,19,21). The van der Waals surface area contributed by atoms with Crippen molar-refractivity contribution < 1.29 is 4.79 Å². The second-order valence-corrected chi connectivity index (χ2v) is 7.47. The number of aromatic amines is 1. The third kappa shape index (κ3) is 2.23. The first kappa shape index (κ1) is 13.9. The van der Waals surface area contributed by atoms with Crippen molar-refractivity contribution in [2.75, 3.05) is 0 Å². The van der Waals surface area contributed by atoms with Crippen molar-refractivity contribution >= 4 is 39.1 Å². The molecule has 4 rings (SSSR count). The molecule has 0 saturated carbocycles. The first-order valence-electron chi connectivity index (χ1n) is 7.28. The summed E-state index contributed by atoms with van der Waals surface area (Å²) in [6.07, 6.45) is 0.893. The number of carbonyl (C=O) groups is 1. The van der Waals surface area contributed by atoms with Gasteiger partial charge in [-0.25, -0.2) is 0 Å². The van der Waals surface area contributed by atoms with Crippen LogP contribution in [0.5, 0.6) is 0 Å². The van der Waals surface area contributed by atoms with Crippen LogP contribution in [-0.2, 0) is 6.42 Å². The zero-order chi connectivity index (χ0) is 15.3. The van der Waals surface area contributed by atoms with Gasteiger partial charge in [0.1, 0.15) is 10.5 Å². The minimum atomic E-state index is -0.0517. The number of hydrogen-bond acceptors (Lipinski definition) is 2. The molecule has 1 aromatic carbocycles. The number of fused-ring (bicyclic) bond motifs is 2. The van der Waals surface area contributed by atoms with E-state index < -0.39 is 0 Å². The molecule has 0 fully saturated rings. The lowest BCUT2D eigenvalue weighted by Crippen LogP contribution is -2.37. The molecular weight excluding hydrogens is 316 g/mol. The van der Waals surface area contributed by atoms with Crippen LogP contribution in [0.15, 0.2) is 36.4 Å². The predicted molar refractivity (Wildman–Crippen MR) is 91.0 cm³/mol. The van der Waals surface area contributed by atoms with Crippen LogP contribution in [0, 0.1) is 0 Å². The summed E-state index contributed by atoms with van der Waals surface area (Å²) >= 11 is 7.42. The number of thiophene rings is 1. The van der Waals surface area contributed by atoms with E-state index in [-0.39, 0.29) is 11.9 Å². The molecule has 1 amide bonds. The maximum Gasteiger partial charge on any atom is 0.267 e. The van der Waals surface area contributed by atoms with Gasteiger partial charge in [-0.2, -0.15) is 0 Å². The lowest BCUT2D eigenvalue weighted by atomic mass is 10.0. The van der Waals surface area contributed by atoms with E-state index in [1.807, 2.05) is 12.1 Å². The SMILES string of the molecule is CC1c2ccccc2CC1NC(=O)c1cc2cc(Cl)sc2[nH]1. The summed E-state index contributed by atoms with van der Waals surface area (Å²) < 4.78 is 0.730. The van der Waals surface area contributed by atoms with Crippen LogP contribution < -0.4 is 5.32 Å². The maximum absolute atomic E-state index is 12.5. The molecule has 2 heterocycles. The number of hydrogen-bond donors (Lipinski definition) is 2. The average molecular weight is 331 g/mol. The Bertz CT molecular complexity index is 835. The molecule has 1 aliphatic carbocycles. The third-order valence-electron chi connectivity index (χ3n) is 4.43. The summed E-state index contributed by atoms with van der Waals surface area (Å²) in [5, 5.41) is 4.15. The molecule has 2 unspecified atom stereocenters. The van der Waals surface area contributed by atoms with E-state index in [9.17, 15) is 4.79 Å². The largest absolute Gasteiger partial charge is 0.347 e. The third-order valence-corrected chi connectivity index (χ3v) is 5.62. The van der Waals surface area contributed by atoms with E-state index in [0.717, 1.165) is 21.0 Å². The molecule has 0 bridgehead atoms. The van der Waals surface area contributed by atoms with Crippen LogP contribution in [-0.4, -0.2) is 16.9 Å². The Morgan fingerprint density at radius 1 is 1.36 bits per heavy atom. The zero-order valence-corrected chi connectivity index (χ0v) is 13.6. The van der Waals surface area contributed by atoms with Crippen molar-refractivity contribution in [1.29, 1.82) is 0 Å². The zero-order valence-electron chi connectivity index (χ0n) is 12.0. The second-order valence-electron chi connectivity index (χ2n) is 5.79. The maximum atomic E-state index is 12.5. The molecule has 0 aliphatic heterocycles. The fraction of sp³-hybridized carbons (Fsp3) is 0.235. The molecule has 0 saturated heterocycles. The summed E-state index contributed by atoms with van der Waals surface area (Å²) in [6, 6.07) is 12.3. The van der Waals surface area contributed by atoms with Gasteiger partial charge in [0.15, 0.2) is 0 Å². The number of aromatic nitrogens is 1. The highest BCUT2D eigenvalue weighted by Crippen LogP contribution is 2.33. The summed E-state index contributed by atoms with van der Waals surface area (Å²) in [5.74, 6) is 0.287. The first-order valence-corrected chi connectivity index (χ1v) is 8.48. The van der Waals surface area contributed by atoms with E-state index in [1.165, 1.54) is 22.5 Å². The van der Waals surface area contributed by atoms with Gasteiger partial charge in [0.05, 0.1) is 4.34 Å². The topological polar surface area (TPSA) is 44.9 Å². The van der Waals surface area contributed by atoms with Crippen LogP contribution in [0.2, 0.25) is 4.34 Å². The van der Waals surface area contributed by atoms with Gasteiger partial charge in [-0.3, -0.25) is 4.79 Å². The van der Waals surface area contributed by atoms with Crippen LogP contribution in [0.25, 0.3) is 10.2 Å². The fourth-order valence-electron chi connectivity index (χ4n) is 3.23. The van der Waals surface area contributed by atoms with E-state index >= 15 is 0 Å². The number of carbonyl (C=O) groups excluding carboxylic acids is 1. The molecule has 5 heteroatoms. The van der Waals surface area contributed by atoms with E-state index in [2.05, 4.69) is 41.5 Å². The predicted octanol–water partition coefficient (Wildman–Crippen LogP) is 4.34. The van der Waals surface area contributed by atoms with Crippen LogP contribution in [0.3, 0.4) is 0 Å². The summed E-state index contributed by atoms with van der Waals surface area (Å²) in [5.41, 5.74) is 3.27. The van der Waals surface area contributed by atoms with Gasteiger partial charge in [0.25, 0.3) is 5.91 Å². The van der Waals surface area contributed by atoms with E-state index in [4.69, 9.17) is 11.6 Å². The smallest absolute Gasteiger partial charge is 0.267 e. The lowest BCUT2D eigenvalue weighted by Gasteiger charge is -2.17. The molecule has 0 spiro atoms. The second kappa shape index (κ2) is 5.14. The van der Waals surface area contributed by atoms with E-state index in [0.29, 0.717) is 11.6 Å². The minimum absolute atomic E-state index is 0.0517. The first-order chi connectivity index (χ1) is 10.6. The Hall–Kier alpha value is -1.78. The molecule has 2 N–H and O–H groups in total. The number of amides is 1. The molecule has 3 aromatic rings. The average Bonchev–Trinajstić information content (AvgIpc) is 3.12. The molecule has 2 aromatic heterocycles. The van der Waals surface area contributed by atoms with Gasteiger partial charge in [-0.15, -0.1) is 11.3 Å². The highest BCUT2D eigenvalue weighted by Gasteiger charge is 2.30. The summed E-state index contributed by atoms with van der Waals surface area (Å²) in [6.45, 7) is 2.17. The number of halogens is 1. The van der Waals surface area contributed by atoms with Gasteiger partial charge >= 0.3 is 0 Å². The highest BCUT2D eigenvalue weighted by molar-refractivity contribution is 7.22. The molecule has 112 valence electrons. The Morgan fingerprint density at radius 3 is 2.95 bits per heavy atom. The Kier molecular flexibility index (Phi) is 3.24. The van der Waals surface area contributed by atoms with Crippen LogP contribution in [0.4, 0.5) is 0 Å². The Morgan fingerprint density at radius 2 is 2.18 bits per heavy atom. The summed E-state index contributed by atoms with van der Waals surface area (Å²) in [7, 11) is 0. The van der Waals surface area contributed by atoms with Crippen molar-refractivity contribution in [2.24, 2.45) is 0 Å². The highest BCUT2D eigenvalue weighted by atomic mass is 35.5. The van der Waals surface area contributed by atoms with Crippen LogP contribution in [0.1, 0.15) is 34.5 Å². The number of benzene rings is 1. The molecule has 1 aliphatic rings. The molecular formula is C17H15ClN2OS. The summed E-state index contributed by atoms with van der Waals surface area (Å²) in [4.78, 5) is 16.6. The molecule has 2 atom stereocenters. The number of rotatable bonds is 2. The number of H-pyrrole nitrogens is 1. The van der Waals surface area contributed by atoms with E-state index in [1.54, 1.807) is 0 Å². The Labute approximate surface area is 137 Å². The van der Waals surface area contributed by atoms with Crippen molar-refractivity contribution in [1.82, 2.24) is 10.3 Å². The van der Waals surface area contributed by atoms with Gasteiger partial charge in [0.2, 0.25) is 0 Å².